The molecule has 0 spiro atoms. The van der Waals surface area contributed by atoms with Crippen molar-refractivity contribution in [1.29, 1.82) is 0 Å². The van der Waals surface area contributed by atoms with E-state index in [2.05, 4.69) is 0 Å². The Labute approximate surface area is 333 Å². The topological polar surface area (TPSA) is 180 Å². The summed E-state index contributed by atoms with van der Waals surface area (Å²) in [5.41, 5.74) is -0.902. The van der Waals surface area contributed by atoms with Crippen molar-refractivity contribution < 1.29 is 67.3 Å². The van der Waals surface area contributed by atoms with E-state index in [-0.39, 0.29) is 70.0 Å². The molecule has 19 heteroatoms. The molecular formula is C39H44F4N3O10S2+. The van der Waals surface area contributed by atoms with Gasteiger partial charge in [-0.2, -0.15) is 21.4 Å². The van der Waals surface area contributed by atoms with Crippen molar-refractivity contribution in [2.75, 3.05) is 23.0 Å². The number of pyridine rings is 1. The molecule has 13 nitrogen and oxygen atoms in total. The number of aryl methyl sites for hydroxylation is 1. The summed E-state index contributed by atoms with van der Waals surface area (Å²) in [4.78, 5) is 42.2. The Morgan fingerprint density at radius 1 is 0.828 bits per heavy atom. The van der Waals surface area contributed by atoms with Gasteiger partial charge in [0.1, 0.15) is 6.54 Å². The van der Waals surface area contributed by atoms with E-state index in [1.807, 2.05) is 34.9 Å². The number of anilines is 1. The number of hydroxylamine groups is 2. The first-order valence-electron chi connectivity index (χ1n) is 18.7. The molecule has 0 aliphatic carbocycles. The molecule has 2 N–H and O–H groups in total. The molecule has 1 saturated heterocycles. The number of amides is 2. The fraction of sp³-hybridized carbons (Fsp3) is 0.436. The SMILES string of the molecule is CC1(CCCCS(=O)(=O)O)C(=CC=Cc2ccc3ccccc3[n+]2CCCCS(=O)(=O)O)N(CCCCCC(=O)ON2C(=O)CCC2=O)c2c(F)c(F)c(F)c(F)c21. The molecule has 2 aliphatic heterocycles. The van der Waals surface area contributed by atoms with Crippen molar-refractivity contribution in [2.45, 2.75) is 89.5 Å². The lowest BCUT2D eigenvalue weighted by Gasteiger charge is -2.30. The smallest absolute Gasteiger partial charge is 0.333 e. The summed E-state index contributed by atoms with van der Waals surface area (Å²) in [7, 11) is -8.53. The number of allylic oxidation sites excluding steroid dienone is 3. The summed E-state index contributed by atoms with van der Waals surface area (Å²) in [6.07, 6.45) is 5.63. The van der Waals surface area contributed by atoms with Gasteiger partial charge >= 0.3 is 5.97 Å². The van der Waals surface area contributed by atoms with E-state index in [1.54, 1.807) is 18.2 Å². The number of aromatic nitrogens is 1. The first-order valence-corrected chi connectivity index (χ1v) is 22.0. The highest BCUT2D eigenvalue weighted by atomic mass is 32.2. The van der Waals surface area contributed by atoms with Crippen LogP contribution in [-0.2, 0) is 51.4 Å². The molecular weight excluding hydrogens is 811 g/mol. The van der Waals surface area contributed by atoms with Crippen molar-refractivity contribution in [3.8, 4) is 0 Å². The van der Waals surface area contributed by atoms with Crippen LogP contribution in [0.4, 0.5) is 23.2 Å². The van der Waals surface area contributed by atoms with Crippen LogP contribution in [0.2, 0.25) is 0 Å². The van der Waals surface area contributed by atoms with Crippen LogP contribution in [0, 0.1) is 23.3 Å². The molecule has 5 rings (SSSR count). The molecule has 0 radical (unpaired) electrons. The molecule has 3 aromatic rings. The van der Waals surface area contributed by atoms with Gasteiger partial charge in [-0.3, -0.25) is 18.7 Å². The number of hydrogen-bond donors (Lipinski definition) is 2. The second kappa shape index (κ2) is 18.5. The first kappa shape index (κ1) is 44.4. The van der Waals surface area contributed by atoms with Crippen LogP contribution in [0.5, 0.6) is 0 Å². The number of carbonyl (C=O) groups is 3. The Morgan fingerprint density at radius 3 is 2.14 bits per heavy atom. The van der Waals surface area contributed by atoms with Crippen LogP contribution in [0.25, 0.3) is 17.0 Å². The average Bonchev–Trinajstić information content (AvgIpc) is 3.60. The van der Waals surface area contributed by atoms with Crippen LogP contribution in [-0.4, -0.2) is 66.8 Å². The number of halogens is 4. The second-order valence-electron chi connectivity index (χ2n) is 14.4. The molecule has 1 fully saturated rings. The molecule has 314 valence electrons. The molecule has 1 aromatic heterocycles. The van der Waals surface area contributed by atoms with Crippen molar-refractivity contribution in [3.63, 3.8) is 0 Å². The van der Waals surface area contributed by atoms with Gasteiger partial charge in [0.2, 0.25) is 11.2 Å². The zero-order valence-corrected chi connectivity index (χ0v) is 33.3. The Morgan fingerprint density at radius 2 is 1.47 bits per heavy atom. The minimum atomic E-state index is -4.36. The van der Waals surface area contributed by atoms with Crippen LogP contribution in [0.3, 0.4) is 0 Å². The fourth-order valence-corrected chi connectivity index (χ4v) is 8.57. The normalized spacial score (nSPS) is 18.0. The predicted octanol–water partition coefficient (Wildman–Crippen LogP) is 6.25. The third-order valence-electron chi connectivity index (χ3n) is 10.2. The lowest BCUT2D eigenvalue weighted by Crippen LogP contribution is -2.38. The van der Waals surface area contributed by atoms with Crippen molar-refractivity contribution in [1.82, 2.24) is 5.06 Å². The Balaban J connectivity index is 1.48. The zero-order valence-electron chi connectivity index (χ0n) is 31.6. The van der Waals surface area contributed by atoms with Crippen LogP contribution < -0.4 is 9.47 Å². The maximum absolute atomic E-state index is 15.9. The maximum Gasteiger partial charge on any atom is 0.333 e. The summed E-state index contributed by atoms with van der Waals surface area (Å²) in [5, 5.41) is 1.31. The van der Waals surface area contributed by atoms with Crippen molar-refractivity contribution >= 4 is 60.7 Å². The van der Waals surface area contributed by atoms with Crippen LogP contribution in [0.15, 0.2) is 54.2 Å². The van der Waals surface area contributed by atoms with Gasteiger partial charge in [-0.1, -0.05) is 31.1 Å². The molecule has 2 aliphatic rings. The Kier molecular flexibility index (Phi) is 14.1. The maximum atomic E-state index is 15.9. The number of nitrogens with zero attached hydrogens (tertiary/aromatic N) is 3. The van der Waals surface area contributed by atoms with E-state index < -0.39 is 89.5 Å². The summed E-state index contributed by atoms with van der Waals surface area (Å²) in [5.74, 6) is -10.4. The first-order chi connectivity index (χ1) is 27.3. The van der Waals surface area contributed by atoms with Gasteiger partial charge in [0.25, 0.3) is 32.1 Å². The van der Waals surface area contributed by atoms with Gasteiger partial charge in [-0.15, -0.1) is 5.06 Å². The largest absolute Gasteiger partial charge is 0.341 e. The summed E-state index contributed by atoms with van der Waals surface area (Å²) in [6.45, 7) is 1.78. The minimum absolute atomic E-state index is 0.0447. The Bertz CT molecular complexity index is 2360. The number of benzene rings is 2. The number of fused-ring (bicyclic) bond motifs is 2. The number of carbonyl (C=O) groups excluding carboxylic acids is 3. The fourth-order valence-electron chi connectivity index (χ4n) is 7.43. The van der Waals surface area contributed by atoms with Gasteiger partial charge in [-0.05, 0) is 57.2 Å². The molecule has 58 heavy (non-hydrogen) atoms. The van der Waals surface area contributed by atoms with Gasteiger partial charge in [-0.25, -0.2) is 22.4 Å². The van der Waals surface area contributed by atoms with E-state index in [9.17, 15) is 49.1 Å². The molecule has 1 unspecified atom stereocenters. The van der Waals surface area contributed by atoms with Crippen molar-refractivity contribution in [3.05, 3.63) is 88.8 Å². The molecule has 2 aromatic carbocycles. The monoisotopic (exact) mass is 854 g/mol. The highest BCUT2D eigenvalue weighted by molar-refractivity contribution is 7.86. The standard InChI is InChI=1S/C39H43F4N3O10S2/c1-39(21-6-9-24-57(50,51)52)29(15-11-13-27-18-17-26-12-4-5-14-28(26)44(27)22-8-10-25-58(53,54)55)45(38-33(39)34(40)35(41)36(42)37(38)43)23-7-2-3-16-32(49)56-46-30(47)19-20-31(46)48/h4-5,11-15,17-18H,2-3,6-10,16,19-25H2,1H3,(H-,50,51,52,53,54,55)/p+1. The lowest BCUT2D eigenvalue weighted by molar-refractivity contribution is -0.673. The number of rotatable bonds is 19. The summed E-state index contributed by atoms with van der Waals surface area (Å²) in [6, 6.07) is 11.1. The molecule has 3 heterocycles. The minimum Gasteiger partial charge on any atom is -0.341 e. The number of unbranched alkanes of at least 4 members (excludes halogenated alkanes) is 4. The van der Waals surface area contributed by atoms with Crippen molar-refractivity contribution in [2.24, 2.45) is 0 Å². The zero-order chi connectivity index (χ0) is 42.4. The predicted molar refractivity (Wildman–Crippen MR) is 204 cm³/mol. The van der Waals surface area contributed by atoms with Crippen LogP contribution in [0.1, 0.15) is 88.8 Å². The molecule has 0 bridgehead atoms. The highest BCUT2D eigenvalue weighted by Crippen LogP contribution is 2.54. The van der Waals surface area contributed by atoms with Gasteiger partial charge in [0, 0.05) is 72.5 Å². The number of hydrogen-bond acceptors (Lipinski definition) is 9. The molecule has 0 saturated carbocycles. The third kappa shape index (κ3) is 10.5. The number of para-hydroxylation sites is 1. The van der Waals surface area contributed by atoms with E-state index >= 15 is 8.78 Å². The van der Waals surface area contributed by atoms with E-state index in [0.717, 1.165) is 10.9 Å². The summed E-state index contributed by atoms with van der Waals surface area (Å²) >= 11 is 0. The van der Waals surface area contributed by atoms with E-state index in [4.69, 9.17) is 4.84 Å². The van der Waals surface area contributed by atoms with Crippen LogP contribution >= 0.6 is 0 Å². The number of imide groups is 1. The highest BCUT2D eigenvalue weighted by Gasteiger charge is 2.49. The van der Waals surface area contributed by atoms with Gasteiger partial charge in [0.15, 0.2) is 23.3 Å². The Hall–Kier alpha value is -4.72. The molecule has 2 amide bonds. The summed E-state index contributed by atoms with van der Waals surface area (Å²) < 4.78 is 128. The second-order valence-corrected chi connectivity index (χ2v) is 17.6. The lowest BCUT2D eigenvalue weighted by atomic mass is 9.76. The van der Waals surface area contributed by atoms with Gasteiger partial charge < -0.3 is 9.74 Å². The quantitative estimate of drug-likeness (QED) is 0.0265. The third-order valence-corrected chi connectivity index (χ3v) is 11.8. The van der Waals surface area contributed by atoms with E-state index in [1.165, 1.54) is 17.9 Å². The van der Waals surface area contributed by atoms with E-state index in [0.29, 0.717) is 30.1 Å². The molecule has 1 atom stereocenters. The average molecular weight is 855 g/mol. The van der Waals surface area contributed by atoms with Gasteiger partial charge in [0.05, 0.1) is 17.2 Å².